The first-order valence-electron chi connectivity index (χ1n) is 5.48. The smallest absolute Gasteiger partial charge is 0.165 e. The summed E-state index contributed by atoms with van der Waals surface area (Å²) >= 11 is 4.11. The van der Waals surface area contributed by atoms with E-state index in [-0.39, 0.29) is 11.9 Å². The molecule has 0 amide bonds. The summed E-state index contributed by atoms with van der Waals surface area (Å²) in [5.41, 5.74) is 5.71. The van der Waals surface area contributed by atoms with Gasteiger partial charge < -0.3 is 10.5 Å². The van der Waals surface area contributed by atoms with Crippen molar-refractivity contribution in [2.75, 3.05) is 12.4 Å². The summed E-state index contributed by atoms with van der Waals surface area (Å²) in [5, 5.41) is 0. The monoisotopic (exact) mass is 243 g/mol. The molecule has 1 aromatic carbocycles. The van der Waals surface area contributed by atoms with Crippen LogP contribution in [-0.4, -0.2) is 18.4 Å². The zero-order valence-electron chi connectivity index (χ0n) is 9.23. The zero-order valence-corrected chi connectivity index (χ0v) is 10.1. The summed E-state index contributed by atoms with van der Waals surface area (Å²) in [5.74, 6) is 0.712. The van der Waals surface area contributed by atoms with E-state index in [4.69, 9.17) is 10.5 Å². The van der Waals surface area contributed by atoms with Gasteiger partial charge in [0.15, 0.2) is 11.6 Å². The maximum absolute atomic E-state index is 13.1. The van der Waals surface area contributed by atoms with Crippen molar-refractivity contribution in [3.05, 3.63) is 30.1 Å². The van der Waals surface area contributed by atoms with Crippen LogP contribution in [0.2, 0.25) is 0 Å². The Kier molecular flexibility index (Phi) is 6.26. The minimum Gasteiger partial charge on any atom is -0.491 e. The van der Waals surface area contributed by atoms with Gasteiger partial charge in [0.1, 0.15) is 0 Å². The van der Waals surface area contributed by atoms with Crippen molar-refractivity contribution in [2.24, 2.45) is 5.73 Å². The molecule has 0 aliphatic heterocycles. The molecule has 0 bridgehead atoms. The predicted molar refractivity (Wildman–Crippen MR) is 67.6 cm³/mol. The molecule has 2 nitrogen and oxygen atoms in total. The van der Waals surface area contributed by atoms with Crippen molar-refractivity contribution >= 4 is 12.6 Å². The number of halogens is 1. The van der Waals surface area contributed by atoms with Gasteiger partial charge in [0.2, 0.25) is 0 Å². The summed E-state index contributed by atoms with van der Waals surface area (Å²) in [7, 11) is 0. The highest BCUT2D eigenvalue weighted by Crippen LogP contribution is 2.15. The van der Waals surface area contributed by atoms with E-state index in [0.29, 0.717) is 18.1 Å². The molecular formula is C12H18FNOS. The Bertz CT molecular complexity index is 309. The summed E-state index contributed by atoms with van der Waals surface area (Å²) in [4.78, 5) is 0. The fourth-order valence-corrected chi connectivity index (χ4v) is 1.53. The normalized spacial score (nSPS) is 12.4. The Hall–Kier alpha value is -0.740. The molecule has 4 heteroatoms. The summed E-state index contributed by atoms with van der Waals surface area (Å²) in [6.07, 6.45) is 2.80. The van der Waals surface area contributed by atoms with E-state index in [1.165, 1.54) is 6.07 Å². The number of nitrogens with two attached hydrogens (primary N) is 1. The lowest BCUT2D eigenvalue weighted by molar-refractivity contribution is 0.289. The number of unbranched alkanes of at least 4 members (excludes halogenated alkanes) is 1. The minimum atomic E-state index is -0.311. The molecule has 1 aromatic rings. The lowest BCUT2D eigenvalue weighted by Crippen LogP contribution is -2.21. The first kappa shape index (κ1) is 13.3. The van der Waals surface area contributed by atoms with E-state index in [2.05, 4.69) is 12.6 Å². The van der Waals surface area contributed by atoms with Crippen molar-refractivity contribution in [2.45, 2.75) is 25.3 Å². The predicted octanol–water partition coefficient (Wildman–Crippen LogP) is 2.63. The molecule has 0 saturated carbocycles. The van der Waals surface area contributed by atoms with Gasteiger partial charge in [-0.25, -0.2) is 4.39 Å². The first-order chi connectivity index (χ1) is 7.74. The van der Waals surface area contributed by atoms with E-state index >= 15 is 0 Å². The van der Waals surface area contributed by atoms with Gasteiger partial charge in [0.05, 0.1) is 6.61 Å². The largest absolute Gasteiger partial charge is 0.491 e. The molecule has 90 valence electrons. The van der Waals surface area contributed by atoms with Crippen LogP contribution in [0.1, 0.15) is 19.3 Å². The molecule has 0 aliphatic rings. The van der Waals surface area contributed by atoms with Gasteiger partial charge in [0, 0.05) is 11.8 Å². The van der Waals surface area contributed by atoms with Crippen LogP contribution in [0.5, 0.6) is 5.75 Å². The Balaban J connectivity index is 2.14. The van der Waals surface area contributed by atoms with Crippen LogP contribution in [0.25, 0.3) is 0 Å². The van der Waals surface area contributed by atoms with Crippen LogP contribution in [-0.2, 0) is 0 Å². The third-order valence-corrected chi connectivity index (χ3v) is 2.77. The van der Waals surface area contributed by atoms with E-state index in [0.717, 1.165) is 19.3 Å². The quantitative estimate of drug-likeness (QED) is 0.570. The topological polar surface area (TPSA) is 35.2 Å². The van der Waals surface area contributed by atoms with Gasteiger partial charge in [-0.2, -0.15) is 12.6 Å². The molecule has 0 radical (unpaired) electrons. The van der Waals surface area contributed by atoms with Crippen LogP contribution in [0, 0.1) is 5.82 Å². The van der Waals surface area contributed by atoms with E-state index < -0.39 is 0 Å². The molecule has 1 rings (SSSR count). The molecule has 0 unspecified atom stereocenters. The highest BCUT2D eigenvalue weighted by atomic mass is 32.1. The second-order valence-electron chi connectivity index (χ2n) is 3.72. The number of hydrogen-bond acceptors (Lipinski definition) is 3. The van der Waals surface area contributed by atoms with Gasteiger partial charge >= 0.3 is 0 Å². The number of thiol groups is 1. The van der Waals surface area contributed by atoms with Gasteiger partial charge in [0.25, 0.3) is 0 Å². The van der Waals surface area contributed by atoms with Gasteiger partial charge in [-0.15, -0.1) is 0 Å². The molecule has 0 aromatic heterocycles. The van der Waals surface area contributed by atoms with Crippen molar-refractivity contribution in [1.82, 2.24) is 0 Å². The van der Waals surface area contributed by atoms with Gasteiger partial charge in [-0.3, -0.25) is 0 Å². The average Bonchev–Trinajstić information content (AvgIpc) is 2.30. The lowest BCUT2D eigenvalue weighted by atomic mass is 10.1. The Morgan fingerprint density at radius 2 is 2.06 bits per heavy atom. The highest BCUT2D eigenvalue weighted by molar-refractivity contribution is 7.80. The number of hydrogen-bond donors (Lipinski definition) is 2. The molecule has 0 fully saturated rings. The number of para-hydroxylation sites is 1. The number of rotatable bonds is 7. The third kappa shape index (κ3) is 4.86. The second kappa shape index (κ2) is 7.52. The van der Waals surface area contributed by atoms with Crippen LogP contribution in [0.4, 0.5) is 4.39 Å². The summed E-state index contributed by atoms with van der Waals surface area (Å²) in [6, 6.07) is 6.58. The second-order valence-corrected chi connectivity index (χ2v) is 4.08. The Morgan fingerprint density at radius 1 is 1.31 bits per heavy atom. The summed E-state index contributed by atoms with van der Waals surface area (Å²) < 4.78 is 18.4. The van der Waals surface area contributed by atoms with Crippen molar-refractivity contribution in [3.8, 4) is 5.75 Å². The van der Waals surface area contributed by atoms with E-state index in [1.54, 1.807) is 18.2 Å². The third-order valence-electron chi connectivity index (χ3n) is 2.30. The molecule has 1 atom stereocenters. The van der Waals surface area contributed by atoms with Crippen molar-refractivity contribution in [1.29, 1.82) is 0 Å². The Morgan fingerprint density at radius 3 is 2.75 bits per heavy atom. The molecule has 0 heterocycles. The molecular weight excluding hydrogens is 225 g/mol. The summed E-state index contributed by atoms with van der Waals surface area (Å²) in [6.45, 7) is 0.528. The minimum absolute atomic E-state index is 0.150. The lowest BCUT2D eigenvalue weighted by Gasteiger charge is -2.09. The molecule has 2 N–H and O–H groups in total. The van der Waals surface area contributed by atoms with Crippen molar-refractivity contribution < 1.29 is 9.13 Å². The van der Waals surface area contributed by atoms with Crippen LogP contribution in [0.15, 0.2) is 24.3 Å². The molecule has 0 saturated heterocycles. The molecule has 16 heavy (non-hydrogen) atoms. The Labute approximate surface area is 101 Å². The van der Waals surface area contributed by atoms with Gasteiger partial charge in [-0.05, 0) is 31.4 Å². The number of ether oxygens (including phenoxy) is 1. The average molecular weight is 243 g/mol. The zero-order chi connectivity index (χ0) is 11.8. The first-order valence-corrected chi connectivity index (χ1v) is 6.11. The van der Waals surface area contributed by atoms with E-state index in [1.807, 2.05) is 0 Å². The van der Waals surface area contributed by atoms with Gasteiger partial charge in [-0.1, -0.05) is 12.1 Å². The molecule has 0 aliphatic carbocycles. The highest BCUT2D eigenvalue weighted by Gasteiger charge is 2.02. The fourth-order valence-electron chi connectivity index (χ4n) is 1.34. The molecule has 0 spiro atoms. The fraction of sp³-hybridized carbons (Fsp3) is 0.500. The standard InChI is InChI=1S/C12H18FNOS/c13-11-6-1-2-7-12(11)15-8-4-3-5-10(14)9-16/h1-2,6-7,10,16H,3-5,8-9,14H2/t10-/m0/s1. The SMILES string of the molecule is N[C@H](CS)CCCCOc1ccccc1F. The van der Waals surface area contributed by atoms with Crippen molar-refractivity contribution in [3.63, 3.8) is 0 Å². The maximum Gasteiger partial charge on any atom is 0.165 e. The maximum atomic E-state index is 13.1. The van der Waals surface area contributed by atoms with Crippen LogP contribution >= 0.6 is 12.6 Å². The van der Waals surface area contributed by atoms with Crippen LogP contribution < -0.4 is 10.5 Å². The van der Waals surface area contributed by atoms with E-state index in [9.17, 15) is 4.39 Å². The van der Waals surface area contributed by atoms with Crippen LogP contribution in [0.3, 0.4) is 0 Å². The number of benzene rings is 1.